The lowest BCUT2D eigenvalue weighted by atomic mass is 10.0. The van der Waals surface area contributed by atoms with Gasteiger partial charge in [-0.15, -0.1) is 0 Å². The highest BCUT2D eigenvalue weighted by Gasteiger charge is 2.27. The van der Waals surface area contributed by atoms with Gasteiger partial charge in [-0.2, -0.15) is 4.31 Å². The summed E-state index contributed by atoms with van der Waals surface area (Å²) >= 11 is 0. The van der Waals surface area contributed by atoms with E-state index in [-0.39, 0.29) is 11.6 Å². The fourth-order valence-electron chi connectivity index (χ4n) is 1.97. The van der Waals surface area contributed by atoms with Crippen molar-refractivity contribution >= 4 is 10.0 Å². The van der Waals surface area contributed by atoms with Gasteiger partial charge < -0.3 is 10.2 Å². The molecule has 1 aromatic heterocycles. The van der Waals surface area contributed by atoms with Crippen molar-refractivity contribution in [1.82, 2.24) is 4.31 Å². The first-order chi connectivity index (χ1) is 8.99. The first-order valence-electron chi connectivity index (χ1n) is 6.78. The SMILES string of the molecule is CCC(CC)CN(CC)S(=O)(=O)c1ccc(CN)o1. The van der Waals surface area contributed by atoms with Crippen LogP contribution >= 0.6 is 0 Å². The molecule has 0 unspecified atom stereocenters. The maximum atomic E-state index is 12.5. The second-order valence-electron chi connectivity index (χ2n) is 4.56. The van der Waals surface area contributed by atoms with E-state index in [9.17, 15) is 8.42 Å². The fraction of sp³-hybridized carbons (Fsp3) is 0.692. The summed E-state index contributed by atoms with van der Waals surface area (Å²) in [5.74, 6) is 0.857. The van der Waals surface area contributed by atoms with Gasteiger partial charge >= 0.3 is 0 Å². The van der Waals surface area contributed by atoms with E-state index in [1.807, 2.05) is 6.92 Å². The van der Waals surface area contributed by atoms with Crippen LogP contribution in [0.15, 0.2) is 21.6 Å². The van der Waals surface area contributed by atoms with Gasteiger partial charge in [-0.3, -0.25) is 0 Å². The zero-order valence-corrected chi connectivity index (χ0v) is 12.7. The predicted molar refractivity (Wildman–Crippen MR) is 75.1 cm³/mol. The van der Waals surface area contributed by atoms with Gasteiger partial charge in [0, 0.05) is 13.1 Å². The third kappa shape index (κ3) is 3.81. The average Bonchev–Trinajstić information content (AvgIpc) is 2.89. The molecule has 0 atom stereocenters. The average molecular weight is 288 g/mol. The molecular weight excluding hydrogens is 264 g/mol. The van der Waals surface area contributed by atoms with Gasteiger partial charge in [0.25, 0.3) is 10.0 Å². The molecule has 0 saturated carbocycles. The number of hydrogen-bond donors (Lipinski definition) is 1. The molecule has 0 aliphatic heterocycles. The summed E-state index contributed by atoms with van der Waals surface area (Å²) < 4.78 is 31.7. The van der Waals surface area contributed by atoms with Crippen LogP contribution in [-0.2, 0) is 16.6 Å². The summed E-state index contributed by atoms with van der Waals surface area (Å²) in [7, 11) is -3.54. The molecule has 0 aromatic carbocycles. The van der Waals surface area contributed by atoms with Crippen molar-refractivity contribution in [3.05, 3.63) is 17.9 Å². The van der Waals surface area contributed by atoms with E-state index in [2.05, 4.69) is 13.8 Å². The Kier molecular flexibility index (Phi) is 6.03. The van der Waals surface area contributed by atoms with Gasteiger partial charge in [0.2, 0.25) is 5.09 Å². The molecule has 110 valence electrons. The Morgan fingerprint density at radius 1 is 1.26 bits per heavy atom. The number of nitrogens with two attached hydrogens (primary N) is 1. The van der Waals surface area contributed by atoms with E-state index < -0.39 is 10.0 Å². The Bertz CT molecular complexity index is 478. The van der Waals surface area contributed by atoms with Gasteiger partial charge in [-0.25, -0.2) is 8.42 Å². The minimum absolute atomic E-state index is 0.0132. The third-order valence-corrected chi connectivity index (χ3v) is 5.22. The molecule has 1 rings (SSSR count). The Morgan fingerprint density at radius 2 is 1.89 bits per heavy atom. The lowest BCUT2D eigenvalue weighted by molar-refractivity contribution is 0.324. The molecule has 1 heterocycles. The highest BCUT2D eigenvalue weighted by Crippen LogP contribution is 2.21. The molecule has 0 saturated heterocycles. The Balaban J connectivity index is 2.95. The van der Waals surface area contributed by atoms with Crippen molar-refractivity contribution in [2.24, 2.45) is 11.7 Å². The van der Waals surface area contributed by atoms with Crippen molar-refractivity contribution in [2.75, 3.05) is 13.1 Å². The standard InChI is InChI=1S/C13H24N2O3S/c1-4-11(5-2)10-15(6-3)19(16,17)13-8-7-12(9-14)18-13/h7-8,11H,4-6,9-10,14H2,1-3H3. The van der Waals surface area contributed by atoms with Crippen LogP contribution in [0.1, 0.15) is 39.4 Å². The summed E-state index contributed by atoms with van der Waals surface area (Å²) in [6.07, 6.45) is 1.93. The fourth-order valence-corrected chi connectivity index (χ4v) is 3.42. The molecule has 0 radical (unpaired) electrons. The highest BCUT2D eigenvalue weighted by atomic mass is 32.2. The zero-order chi connectivity index (χ0) is 14.5. The van der Waals surface area contributed by atoms with E-state index in [1.54, 1.807) is 6.07 Å². The maximum Gasteiger partial charge on any atom is 0.276 e. The van der Waals surface area contributed by atoms with Crippen LogP contribution < -0.4 is 5.73 Å². The number of hydrogen-bond acceptors (Lipinski definition) is 4. The van der Waals surface area contributed by atoms with Crippen LogP contribution in [0.25, 0.3) is 0 Å². The van der Waals surface area contributed by atoms with Gasteiger partial charge in [0.1, 0.15) is 5.76 Å². The van der Waals surface area contributed by atoms with Gasteiger partial charge in [0.05, 0.1) is 6.54 Å². The van der Waals surface area contributed by atoms with Gasteiger partial charge in [-0.1, -0.05) is 33.6 Å². The summed E-state index contributed by atoms with van der Waals surface area (Å²) in [6.45, 7) is 7.17. The van der Waals surface area contributed by atoms with E-state index in [1.165, 1.54) is 10.4 Å². The minimum atomic E-state index is -3.54. The first kappa shape index (κ1) is 16.2. The molecule has 0 aliphatic carbocycles. The number of rotatable bonds is 8. The van der Waals surface area contributed by atoms with Gasteiger partial charge in [0.15, 0.2) is 0 Å². The highest BCUT2D eigenvalue weighted by molar-refractivity contribution is 7.89. The lowest BCUT2D eigenvalue weighted by Gasteiger charge is -2.23. The first-order valence-corrected chi connectivity index (χ1v) is 8.22. The third-order valence-electron chi connectivity index (χ3n) is 3.40. The minimum Gasteiger partial charge on any atom is -0.447 e. The zero-order valence-electron chi connectivity index (χ0n) is 11.9. The summed E-state index contributed by atoms with van der Waals surface area (Å²) in [5, 5.41) is -0.0132. The lowest BCUT2D eigenvalue weighted by Crippen LogP contribution is -2.34. The molecule has 0 aliphatic rings. The van der Waals surface area contributed by atoms with Crippen LogP contribution in [0.2, 0.25) is 0 Å². The van der Waals surface area contributed by atoms with Crippen molar-refractivity contribution < 1.29 is 12.8 Å². The smallest absolute Gasteiger partial charge is 0.276 e. The summed E-state index contributed by atoms with van der Waals surface area (Å²) in [6, 6.07) is 3.09. The van der Waals surface area contributed by atoms with Crippen LogP contribution in [0.5, 0.6) is 0 Å². The molecule has 6 heteroatoms. The predicted octanol–water partition coefficient (Wildman–Crippen LogP) is 2.19. The number of sulfonamides is 1. The summed E-state index contributed by atoms with van der Waals surface area (Å²) in [5.41, 5.74) is 5.44. The molecule has 0 spiro atoms. The number of furan rings is 1. The van der Waals surface area contributed by atoms with Crippen LogP contribution in [-0.4, -0.2) is 25.8 Å². The molecule has 1 aromatic rings. The topological polar surface area (TPSA) is 76.5 Å². The number of nitrogens with zero attached hydrogens (tertiary/aromatic N) is 1. The monoisotopic (exact) mass is 288 g/mol. The molecule has 2 N–H and O–H groups in total. The quantitative estimate of drug-likeness (QED) is 0.795. The normalized spacial score (nSPS) is 12.5. The second kappa shape index (κ2) is 7.07. The Labute approximate surface area is 115 Å². The van der Waals surface area contributed by atoms with E-state index in [0.29, 0.717) is 24.8 Å². The van der Waals surface area contributed by atoms with Crippen LogP contribution in [0.4, 0.5) is 0 Å². The molecule has 0 fully saturated rings. The Morgan fingerprint density at radius 3 is 2.32 bits per heavy atom. The van der Waals surface area contributed by atoms with E-state index >= 15 is 0 Å². The molecule has 5 nitrogen and oxygen atoms in total. The van der Waals surface area contributed by atoms with E-state index in [0.717, 1.165) is 12.8 Å². The van der Waals surface area contributed by atoms with Gasteiger partial charge in [-0.05, 0) is 18.1 Å². The van der Waals surface area contributed by atoms with Crippen LogP contribution in [0.3, 0.4) is 0 Å². The second-order valence-corrected chi connectivity index (χ2v) is 6.43. The molecule has 0 amide bonds. The molecule has 19 heavy (non-hydrogen) atoms. The molecule has 0 bridgehead atoms. The maximum absolute atomic E-state index is 12.5. The van der Waals surface area contributed by atoms with Crippen LogP contribution in [0, 0.1) is 5.92 Å². The van der Waals surface area contributed by atoms with Crippen molar-refractivity contribution in [2.45, 2.75) is 45.2 Å². The summed E-state index contributed by atoms with van der Waals surface area (Å²) in [4.78, 5) is 0. The molecular formula is C13H24N2O3S. The van der Waals surface area contributed by atoms with Crippen molar-refractivity contribution in [1.29, 1.82) is 0 Å². The van der Waals surface area contributed by atoms with Crippen molar-refractivity contribution in [3.63, 3.8) is 0 Å². The Hall–Kier alpha value is -0.850. The largest absolute Gasteiger partial charge is 0.447 e. The van der Waals surface area contributed by atoms with E-state index in [4.69, 9.17) is 10.2 Å². The van der Waals surface area contributed by atoms with Crippen molar-refractivity contribution in [3.8, 4) is 0 Å².